The number of aliphatic hydroxyl groups excluding tert-OH is 3. The van der Waals surface area contributed by atoms with Crippen molar-refractivity contribution in [3.63, 3.8) is 0 Å². The average Bonchev–Trinajstić information content (AvgIpc) is 2.93. The van der Waals surface area contributed by atoms with Gasteiger partial charge in [0.05, 0.1) is 18.6 Å². The molecule has 3 heterocycles. The zero-order chi connectivity index (χ0) is 14.4. The third-order valence-corrected chi connectivity index (χ3v) is 3.51. The summed E-state index contributed by atoms with van der Waals surface area (Å²) in [5.41, 5.74) is 6.90. The number of hydrogen-bond donors (Lipinski definition) is 4. The Balaban J connectivity index is 2.07. The molecule has 0 saturated carbocycles. The second-order valence-corrected chi connectivity index (χ2v) is 4.97. The monoisotopic (exact) mass is 300 g/mol. The lowest BCUT2D eigenvalue weighted by Gasteiger charge is -2.16. The topological polar surface area (TPSA) is 127 Å². The van der Waals surface area contributed by atoms with Crippen LogP contribution in [0, 0.1) is 0 Å². The van der Waals surface area contributed by atoms with Crippen molar-refractivity contribution in [3.05, 3.63) is 17.5 Å². The lowest BCUT2D eigenvalue weighted by molar-refractivity contribution is -0.0511. The Kier molecular flexibility index (Phi) is 3.27. The van der Waals surface area contributed by atoms with Crippen LogP contribution in [0.1, 0.15) is 6.23 Å². The lowest BCUT2D eigenvalue weighted by atomic mass is 10.1. The molecule has 4 atom stereocenters. The number of nitrogen functional groups attached to an aromatic ring is 1. The molecule has 1 aliphatic rings. The molecule has 8 nitrogen and oxygen atoms in total. The summed E-state index contributed by atoms with van der Waals surface area (Å²) in [5, 5.41) is 29.0. The summed E-state index contributed by atoms with van der Waals surface area (Å²) in [6, 6.07) is 1.47. The molecule has 2 aromatic rings. The predicted octanol–water partition coefficient (Wildman–Crippen LogP) is -0.722. The van der Waals surface area contributed by atoms with Gasteiger partial charge in [-0.05, 0) is 0 Å². The number of nitrogens with two attached hydrogens (primary N) is 1. The molecule has 0 bridgehead atoms. The third kappa shape index (κ3) is 1.93. The highest BCUT2D eigenvalue weighted by molar-refractivity contribution is 6.30. The highest BCUT2D eigenvalue weighted by Crippen LogP contribution is 2.32. The third-order valence-electron chi connectivity index (χ3n) is 3.32. The number of hydrogen-bond acceptors (Lipinski definition) is 7. The van der Waals surface area contributed by atoms with E-state index in [2.05, 4.69) is 9.97 Å². The largest absolute Gasteiger partial charge is 0.397 e. The molecular weight excluding hydrogens is 288 g/mol. The fourth-order valence-electron chi connectivity index (χ4n) is 2.30. The number of aliphatic hydroxyl groups is 3. The lowest BCUT2D eigenvalue weighted by Crippen LogP contribution is -2.33. The summed E-state index contributed by atoms with van der Waals surface area (Å²) in [4.78, 5) is 8.20. The number of anilines is 1. The van der Waals surface area contributed by atoms with Crippen molar-refractivity contribution in [1.82, 2.24) is 14.5 Å². The minimum absolute atomic E-state index is 0.184. The molecule has 3 rings (SSSR count). The number of fused-ring (bicyclic) bond motifs is 1. The molecule has 108 valence electrons. The van der Waals surface area contributed by atoms with Crippen molar-refractivity contribution in [2.75, 3.05) is 12.3 Å². The molecule has 5 N–H and O–H groups in total. The first kappa shape index (κ1) is 13.5. The van der Waals surface area contributed by atoms with E-state index in [-0.39, 0.29) is 5.15 Å². The van der Waals surface area contributed by atoms with Crippen LogP contribution < -0.4 is 5.73 Å². The summed E-state index contributed by atoms with van der Waals surface area (Å²) >= 11 is 5.86. The van der Waals surface area contributed by atoms with Crippen LogP contribution in [0.2, 0.25) is 5.15 Å². The molecule has 0 aliphatic carbocycles. The molecule has 20 heavy (non-hydrogen) atoms. The van der Waals surface area contributed by atoms with Crippen molar-refractivity contribution < 1.29 is 20.1 Å². The molecule has 1 aliphatic heterocycles. The smallest absolute Gasteiger partial charge is 0.165 e. The molecule has 1 unspecified atom stereocenters. The number of halogens is 1. The summed E-state index contributed by atoms with van der Waals surface area (Å²) in [5.74, 6) is 0. The van der Waals surface area contributed by atoms with Gasteiger partial charge in [-0.25, -0.2) is 9.97 Å². The first-order valence-electron chi connectivity index (χ1n) is 5.94. The fourth-order valence-corrected chi connectivity index (χ4v) is 2.49. The van der Waals surface area contributed by atoms with Crippen molar-refractivity contribution in [2.24, 2.45) is 0 Å². The van der Waals surface area contributed by atoms with E-state index in [0.717, 1.165) is 0 Å². The van der Waals surface area contributed by atoms with Gasteiger partial charge in [0.25, 0.3) is 0 Å². The number of nitrogens with zero attached hydrogens (tertiary/aromatic N) is 3. The van der Waals surface area contributed by atoms with E-state index in [1.807, 2.05) is 0 Å². The number of ether oxygens (including phenoxy) is 1. The Bertz CT molecular complexity index is 649. The standard InChI is InChI=1S/C11H13ClN4O4/c12-6-1-4(13)7-10(15-6)16(3-14-7)11-9(19)8(18)5(2-17)20-11/h1,3,5,8-9,11,17-19H,2H2,(H2,13,15)/t5-,8?,9+,11-/m1/s1. The Morgan fingerprint density at radius 2 is 2.15 bits per heavy atom. The number of imidazole rings is 1. The van der Waals surface area contributed by atoms with Gasteiger partial charge in [-0.15, -0.1) is 0 Å². The van der Waals surface area contributed by atoms with E-state index < -0.39 is 31.1 Å². The average molecular weight is 301 g/mol. The van der Waals surface area contributed by atoms with Crippen molar-refractivity contribution in [1.29, 1.82) is 0 Å². The van der Waals surface area contributed by atoms with E-state index in [4.69, 9.17) is 27.2 Å². The van der Waals surface area contributed by atoms with Crippen LogP contribution in [0.15, 0.2) is 12.4 Å². The molecule has 2 aromatic heterocycles. The van der Waals surface area contributed by atoms with Gasteiger partial charge in [0.2, 0.25) is 0 Å². The van der Waals surface area contributed by atoms with Gasteiger partial charge in [-0.2, -0.15) is 0 Å². The van der Waals surface area contributed by atoms with E-state index in [9.17, 15) is 10.2 Å². The van der Waals surface area contributed by atoms with Gasteiger partial charge in [0.15, 0.2) is 11.9 Å². The first-order valence-corrected chi connectivity index (χ1v) is 6.31. The van der Waals surface area contributed by atoms with Crippen LogP contribution >= 0.6 is 11.6 Å². The van der Waals surface area contributed by atoms with E-state index in [1.165, 1.54) is 17.0 Å². The maximum Gasteiger partial charge on any atom is 0.165 e. The normalized spacial score (nSPS) is 30.2. The van der Waals surface area contributed by atoms with Crippen LogP contribution in [0.4, 0.5) is 5.69 Å². The van der Waals surface area contributed by atoms with Gasteiger partial charge in [0.1, 0.15) is 29.0 Å². The highest BCUT2D eigenvalue weighted by atomic mass is 35.5. The van der Waals surface area contributed by atoms with Crippen LogP contribution in [0.3, 0.4) is 0 Å². The quantitative estimate of drug-likeness (QED) is 0.539. The molecule has 1 fully saturated rings. The van der Waals surface area contributed by atoms with Crippen molar-refractivity contribution in [3.8, 4) is 0 Å². The Hall–Kier alpha value is -1.45. The Morgan fingerprint density at radius 1 is 1.40 bits per heavy atom. The SMILES string of the molecule is Nc1cc(Cl)nc2c1ncn2[C@@H]1O[C@H](CO)C(O)[C@@H]1O. The minimum Gasteiger partial charge on any atom is -0.397 e. The predicted molar refractivity (Wildman–Crippen MR) is 70.0 cm³/mol. The number of aromatic nitrogens is 3. The van der Waals surface area contributed by atoms with Gasteiger partial charge in [-0.3, -0.25) is 4.57 Å². The Labute approximate surface area is 118 Å². The summed E-state index contributed by atoms with van der Waals surface area (Å²) < 4.78 is 6.85. The molecule has 0 aromatic carbocycles. The van der Waals surface area contributed by atoms with E-state index in [1.54, 1.807) is 0 Å². The number of rotatable bonds is 2. The highest BCUT2D eigenvalue weighted by Gasteiger charge is 2.43. The fraction of sp³-hybridized carbons (Fsp3) is 0.455. The zero-order valence-corrected chi connectivity index (χ0v) is 11.0. The van der Waals surface area contributed by atoms with Crippen LogP contribution in [0.25, 0.3) is 11.2 Å². The van der Waals surface area contributed by atoms with Crippen molar-refractivity contribution in [2.45, 2.75) is 24.5 Å². The van der Waals surface area contributed by atoms with Crippen LogP contribution in [-0.2, 0) is 4.74 Å². The van der Waals surface area contributed by atoms with Gasteiger partial charge < -0.3 is 25.8 Å². The van der Waals surface area contributed by atoms with Gasteiger partial charge in [-0.1, -0.05) is 11.6 Å². The summed E-state index contributed by atoms with van der Waals surface area (Å²) in [7, 11) is 0. The van der Waals surface area contributed by atoms with Crippen LogP contribution in [0.5, 0.6) is 0 Å². The van der Waals surface area contributed by atoms with Crippen molar-refractivity contribution >= 4 is 28.5 Å². The molecule has 9 heteroatoms. The molecular formula is C11H13ClN4O4. The molecule has 1 saturated heterocycles. The number of pyridine rings is 1. The van der Waals surface area contributed by atoms with E-state index >= 15 is 0 Å². The maximum atomic E-state index is 10.0. The first-order chi connectivity index (χ1) is 9.52. The second-order valence-electron chi connectivity index (χ2n) is 4.59. The molecule has 0 amide bonds. The summed E-state index contributed by atoms with van der Waals surface area (Å²) in [6.07, 6.45) is -2.81. The van der Waals surface area contributed by atoms with Gasteiger partial charge >= 0.3 is 0 Å². The maximum absolute atomic E-state index is 10.0. The summed E-state index contributed by atoms with van der Waals surface area (Å²) in [6.45, 7) is -0.405. The Morgan fingerprint density at radius 3 is 2.80 bits per heavy atom. The molecule has 0 radical (unpaired) electrons. The second kappa shape index (κ2) is 4.83. The van der Waals surface area contributed by atoms with E-state index in [0.29, 0.717) is 16.9 Å². The van der Waals surface area contributed by atoms with Crippen LogP contribution in [-0.4, -0.2) is 54.8 Å². The van der Waals surface area contributed by atoms with Gasteiger partial charge in [0, 0.05) is 6.07 Å². The zero-order valence-electron chi connectivity index (χ0n) is 10.2. The minimum atomic E-state index is -1.22. The molecule has 0 spiro atoms.